The first-order valence-electron chi connectivity index (χ1n) is 8.93. The number of urea groups is 1. The second-order valence-electron chi connectivity index (χ2n) is 6.68. The lowest BCUT2D eigenvalue weighted by Gasteiger charge is -2.31. The molecule has 2 aromatic carbocycles. The van der Waals surface area contributed by atoms with Gasteiger partial charge in [-0.3, -0.25) is 0 Å². The summed E-state index contributed by atoms with van der Waals surface area (Å²) in [5.74, 6) is 1.96. The van der Waals surface area contributed by atoms with E-state index in [4.69, 9.17) is 9.47 Å². The number of benzene rings is 2. The Balaban J connectivity index is 1.38. The van der Waals surface area contributed by atoms with Crippen LogP contribution in [0, 0.1) is 5.82 Å². The van der Waals surface area contributed by atoms with Crippen molar-refractivity contribution in [3.05, 3.63) is 53.8 Å². The van der Waals surface area contributed by atoms with E-state index >= 15 is 0 Å². The van der Waals surface area contributed by atoms with Crippen molar-refractivity contribution in [3.8, 4) is 11.5 Å². The van der Waals surface area contributed by atoms with Crippen molar-refractivity contribution in [1.82, 2.24) is 10.2 Å². The van der Waals surface area contributed by atoms with E-state index in [1.54, 1.807) is 18.0 Å². The molecule has 2 heterocycles. The van der Waals surface area contributed by atoms with Gasteiger partial charge < -0.3 is 19.7 Å². The van der Waals surface area contributed by atoms with Gasteiger partial charge in [-0.05, 0) is 30.2 Å². The van der Waals surface area contributed by atoms with E-state index in [1.165, 1.54) is 17.8 Å². The van der Waals surface area contributed by atoms with Crippen LogP contribution in [0.3, 0.4) is 0 Å². The summed E-state index contributed by atoms with van der Waals surface area (Å²) in [6, 6.07) is 12.1. The van der Waals surface area contributed by atoms with Crippen LogP contribution in [0.4, 0.5) is 9.18 Å². The summed E-state index contributed by atoms with van der Waals surface area (Å²) in [6.07, 6.45) is 0.541. The smallest absolute Gasteiger partial charge is 0.317 e. The first kappa shape index (κ1) is 18.0. The van der Waals surface area contributed by atoms with Gasteiger partial charge in [0, 0.05) is 17.7 Å². The molecule has 2 unspecified atom stereocenters. The predicted octanol–water partition coefficient (Wildman–Crippen LogP) is 3.84. The molecule has 7 heteroatoms. The lowest BCUT2D eigenvalue weighted by atomic mass is 10.0. The highest BCUT2D eigenvalue weighted by atomic mass is 32.2. The molecule has 0 radical (unpaired) electrons. The Morgan fingerprint density at radius 3 is 2.93 bits per heavy atom. The van der Waals surface area contributed by atoms with Crippen LogP contribution >= 0.6 is 11.8 Å². The average Bonchev–Trinajstić information content (AvgIpc) is 2.68. The minimum Gasteiger partial charge on any atom is -0.486 e. The van der Waals surface area contributed by atoms with Gasteiger partial charge in [0.1, 0.15) is 12.4 Å². The number of ether oxygens (including phenoxy) is 2. The molecule has 2 aliphatic heterocycles. The summed E-state index contributed by atoms with van der Waals surface area (Å²) < 4.78 is 25.6. The molecule has 2 amide bonds. The lowest BCUT2D eigenvalue weighted by Crippen LogP contribution is -2.46. The number of hydrogen-bond acceptors (Lipinski definition) is 4. The van der Waals surface area contributed by atoms with Crippen LogP contribution in [0.5, 0.6) is 11.5 Å². The summed E-state index contributed by atoms with van der Waals surface area (Å²) in [5.41, 5.74) is 0.846. The molecule has 27 heavy (non-hydrogen) atoms. The SMILES string of the molecule is CN(CC1COc2ccccc2O1)C(=O)NC1CCSc2c(F)cccc21. The Kier molecular flexibility index (Phi) is 5.11. The normalized spacial score (nSPS) is 20.5. The first-order chi connectivity index (χ1) is 13.1. The van der Waals surface area contributed by atoms with Gasteiger partial charge in [-0.15, -0.1) is 11.8 Å². The standard InChI is InChI=1S/C20H21FN2O3S/c1-23(11-13-12-25-17-7-2-3-8-18(17)26-13)20(24)22-16-9-10-27-19-14(16)5-4-6-15(19)21/h2-8,13,16H,9-12H2,1H3,(H,22,24). The minimum atomic E-state index is -0.234. The van der Waals surface area contributed by atoms with E-state index in [0.29, 0.717) is 23.8 Å². The third-order valence-electron chi connectivity index (χ3n) is 4.72. The zero-order chi connectivity index (χ0) is 18.8. The van der Waals surface area contributed by atoms with E-state index in [1.807, 2.05) is 30.3 Å². The molecule has 2 aliphatic rings. The predicted molar refractivity (Wildman–Crippen MR) is 102 cm³/mol. The molecule has 0 saturated carbocycles. The van der Waals surface area contributed by atoms with Gasteiger partial charge in [0.05, 0.1) is 12.6 Å². The molecule has 0 saturated heterocycles. The van der Waals surface area contributed by atoms with Gasteiger partial charge in [-0.25, -0.2) is 9.18 Å². The Labute approximate surface area is 161 Å². The van der Waals surface area contributed by atoms with Crippen LogP contribution in [-0.4, -0.2) is 43.0 Å². The van der Waals surface area contributed by atoms with Crippen LogP contribution in [0.2, 0.25) is 0 Å². The minimum absolute atomic E-state index is 0.184. The van der Waals surface area contributed by atoms with Crippen LogP contribution < -0.4 is 14.8 Å². The molecular formula is C20H21FN2O3S. The van der Waals surface area contributed by atoms with E-state index in [9.17, 15) is 9.18 Å². The average molecular weight is 388 g/mol. The van der Waals surface area contributed by atoms with Gasteiger partial charge in [-0.1, -0.05) is 24.3 Å². The van der Waals surface area contributed by atoms with Crippen molar-refractivity contribution in [3.63, 3.8) is 0 Å². The van der Waals surface area contributed by atoms with Gasteiger partial charge in [0.25, 0.3) is 0 Å². The zero-order valence-electron chi connectivity index (χ0n) is 15.0. The molecule has 1 N–H and O–H groups in total. The number of amides is 2. The molecular weight excluding hydrogens is 367 g/mol. The highest BCUT2D eigenvalue weighted by molar-refractivity contribution is 7.99. The largest absolute Gasteiger partial charge is 0.486 e. The number of carbonyl (C=O) groups is 1. The Morgan fingerprint density at radius 2 is 2.07 bits per heavy atom. The van der Waals surface area contributed by atoms with Crippen molar-refractivity contribution in [1.29, 1.82) is 0 Å². The Hall–Kier alpha value is -2.41. The molecule has 2 aromatic rings. The summed E-state index contributed by atoms with van der Waals surface area (Å²) in [5, 5.41) is 3.02. The molecule has 5 nitrogen and oxygen atoms in total. The van der Waals surface area contributed by atoms with Crippen LogP contribution in [-0.2, 0) is 0 Å². The third-order valence-corrected chi connectivity index (χ3v) is 5.87. The molecule has 0 aromatic heterocycles. The van der Waals surface area contributed by atoms with Crippen LogP contribution in [0.25, 0.3) is 0 Å². The topological polar surface area (TPSA) is 50.8 Å². The maximum absolute atomic E-state index is 14.0. The lowest BCUT2D eigenvalue weighted by molar-refractivity contribution is 0.0712. The summed E-state index contributed by atoms with van der Waals surface area (Å²) in [7, 11) is 1.73. The number of carbonyl (C=O) groups excluding carboxylic acids is 1. The Morgan fingerprint density at radius 1 is 1.26 bits per heavy atom. The molecule has 4 rings (SSSR count). The molecule has 2 atom stereocenters. The summed E-state index contributed by atoms with van der Waals surface area (Å²) in [6.45, 7) is 0.792. The quantitative estimate of drug-likeness (QED) is 0.868. The molecule has 0 spiro atoms. The molecule has 142 valence electrons. The number of hydrogen-bond donors (Lipinski definition) is 1. The fourth-order valence-electron chi connectivity index (χ4n) is 3.34. The van der Waals surface area contributed by atoms with Crippen molar-refractivity contribution in [2.24, 2.45) is 0 Å². The van der Waals surface area contributed by atoms with Crippen molar-refractivity contribution in [2.75, 3.05) is 26.0 Å². The zero-order valence-corrected chi connectivity index (χ0v) is 15.8. The fourth-order valence-corrected chi connectivity index (χ4v) is 4.48. The molecule has 0 aliphatic carbocycles. The van der Waals surface area contributed by atoms with Gasteiger partial charge in [0.2, 0.25) is 0 Å². The monoisotopic (exact) mass is 388 g/mol. The van der Waals surface area contributed by atoms with Gasteiger partial charge >= 0.3 is 6.03 Å². The van der Waals surface area contributed by atoms with E-state index in [0.717, 1.165) is 23.5 Å². The maximum Gasteiger partial charge on any atom is 0.317 e. The van der Waals surface area contributed by atoms with Crippen LogP contribution in [0.1, 0.15) is 18.0 Å². The second kappa shape index (κ2) is 7.68. The van der Waals surface area contributed by atoms with Crippen LogP contribution in [0.15, 0.2) is 47.4 Å². The van der Waals surface area contributed by atoms with Gasteiger partial charge in [0.15, 0.2) is 17.6 Å². The van der Waals surface area contributed by atoms with Crippen molar-refractivity contribution < 1.29 is 18.7 Å². The number of para-hydroxylation sites is 2. The number of fused-ring (bicyclic) bond motifs is 2. The first-order valence-corrected chi connectivity index (χ1v) is 9.91. The number of likely N-dealkylation sites (N-methyl/N-ethyl adjacent to an activating group) is 1. The second-order valence-corrected chi connectivity index (χ2v) is 7.78. The van der Waals surface area contributed by atoms with Crippen molar-refractivity contribution >= 4 is 17.8 Å². The number of nitrogens with zero attached hydrogens (tertiary/aromatic N) is 1. The number of nitrogens with one attached hydrogen (secondary N) is 1. The van der Waals surface area contributed by atoms with E-state index in [2.05, 4.69) is 5.32 Å². The number of rotatable bonds is 3. The number of thioether (sulfide) groups is 1. The highest BCUT2D eigenvalue weighted by Crippen LogP contribution is 2.37. The van der Waals surface area contributed by atoms with Crippen molar-refractivity contribution in [2.45, 2.75) is 23.5 Å². The van der Waals surface area contributed by atoms with E-state index in [-0.39, 0.29) is 24.0 Å². The fraction of sp³-hybridized carbons (Fsp3) is 0.350. The Bertz CT molecular complexity index is 848. The summed E-state index contributed by atoms with van der Waals surface area (Å²) >= 11 is 1.50. The molecule has 0 bridgehead atoms. The summed E-state index contributed by atoms with van der Waals surface area (Å²) in [4.78, 5) is 14.9. The third kappa shape index (κ3) is 3.83. The van der Waals surface area contributed by atoms with E-state index < -0.39 is 0 Å². The highest BCUT2D eigenvalue weighted by Gasteiger charge is 2.27. The molecule has 0 fully saturated rings. The van der Waals surface area contributed by atoms with Gasteiger partial charge in [-0.2, -0.15) is 0 Å². The maximum atomic E-state index is 14.0. The number of halogens is 1.